The number of nitrogens with zero attached hydrogens (tertiary/aromatic N) is 2. The zero-order valence-corrected chi connectivity index (χ0v) is 17.0. The smallest absolute Gasteiger partial charge is 0.287 e. The second-order valence-electron chi connectivity index (χ2n) is 6.64. The van der Waals surface area contributed by atoms with Crippen LogP contribution >= 0.6 is 0 Å². The second-order valence-corrected chi connectivity index (χ2v) is 6.64. The van der Waals surface area contributed by atoms with Gasteiger partial charge in [0.2, 0.25) is 0 Å². The molecule has 0 heterocycles. The molecule has 0 saturated heterocycles. The molecule has 0 aliphatic carbocycles. The third-order valence-corrected chi connectivity index (χ3v) is 4.33. The minimum absolute atomic E-state index is 0.116. The van der Waals surface area contributed by atoms with Crippen LogP contribution in [0.3, 0.4) is 0 Å². The number of phenols is 2. The van der Waals surface area contributed by atoms with Crippen molar-refractivity contribution in [2.45, 2.75) is 0 Å². The first-order valence-electron chi connectivity index (χ1n) is 9.52. The Balaban J connectivity index is 1.84. The minimum atomic E-state index is -0.787. The summed E-state index contributed by atoms with van der Waals surface area (Å²) in [5.74, 6) is -2.56. The molecule has 0 aliphatic rings. The van der Waals surface area contributed by atoms with Gasteiger partial charge < -0.3 is 15.5 Å². The molecule has 0 bridgehead atoms. The maximum atomic E-state index is 12.7. The maximum Gasteiger partial charge on any atom is 0.287 e. The molecular formula is C23H18N4O6. The predicted molar refractivity (Wildman–Crippen MR) is 120 cm³/mol. The van der Waals surface area contributed by atoms with Crippen molar-refractivity contribution in [3.8, 4) is 11.5 Å². The Morgan fingerprint density at radius 3 is 2.18 bits per heavy atom. The number of hydrazone groups is 1. The van der Waals surface area contributed by atoms with Gasteiger partial charge in [0.25, 0.3) is 17.5 Å². The van der Waals surface area contributed by atoms with E-state index in [1.54, 1.807) is 60.7 Å². The molecule has 166 valence electrons. The van der Waals surface area contributed by atoms with Crippen molar-refractivity contribution in [1.29, 1.82) is 0 Å². The zero-order chi connectivity index (χ0) is 23.8. The summed E-state index contributed by atoms with van der Waals surface area (Å²) in [7, 11) is 0. The average Bonchev–Trinajstić information content (AvgIpc) is 2.81. The van der Waals surface area contributed by atoms with E-state index in [-0.39, 0.29) is 11.3 Å². The van der Waals surface area contributed by atoms with Crippen molar-refractivity contribution < 1.29 is 24.7 Å². The lowest BCUT2D eigenvalue weighted by Gasteiger charge is -2.09. The molecule has 33 heavy (non-hydrogen) atoms. The highest BCUT2D eigenvalue weighted by atomic mass is 16.6. The molecule has 0 aromatic heterocycles. The largest absolute Gasteiger partial charge is 0.504 e. The van der Waals surface area contributed by atoms with Crippen LogP contribution in [-0.2, 0) is 4.79 Å². The van der Waals surface area contributed by atoms with Crippen molar-refractivity contribution in [3.05, 3.63) is 105 Å². The normalized spacial score (nSPS) is 11.2. The van der Waals surface area contributed by atoms with Gasteiger partial charge in [-0.15, -0.1) is 0 Å². The number of amides is 2. The molecule has 3 aromatic rings. The number of rotatable bonds is 7. The summed E-state index contributed by atoms with van der Waals surface area (Å²) in [5, 5.41) is 36.4. The van der Waals surface area contributed by atoms with Gasteiger partial charge in [0, 0.05) is 5.56 Å². The summed E-state index contributed by atoms with van der Waals surface area (Å²) >= 11 is 0. The number of nitrogens with one attached hydrogen (secondary N) is 2. The number of nitro groups is 1. The van der Waals surface area contributed by atoms with Crippen LogP contribution in [-0.4, -0.2) is 33.2 Å². The Labute approximate surface area is 187 Å². The van der Waals surface area contributed by atoms with Crippen LogP contribution in [0.15, 0.2) is 83.6 Å². The van der Waals surface area contributed by atoms with Gasteiger partial charge in [-0.25, -0.2) is 5.43 Å². The highest BCUT2D eigenvalue weighted by Gasteiger charge is 2.17. The van der Waals surface area contributed by atoms with E-state index in [4.69, 9.17) is 0 Å². The molecule has 0 aliphatic heterocycles. The third kappa shape index (κ3) is 6.01. The maximum absolute atomic E-state index is 12.7. The van der Waals surface area contributed by atoms with Crippen LogP contribution in [0.2, 0.25) is 0 Å². The number of carbonyl (C=O) groups is 2. The fraction of sp³-hybridized carbons (Fsp3) is 0. The van der Waals surface area contributed by atoms with Gasteiger partial charge in [-0.05, 0) is 29.8 Å². The van der Waals surface area contributed by atoms with E-state index in [0.29, 0.717) is 11.1 Å². The van der Waals surface area contributed by atoms with E-state index in [1.807, 2.05) is 0 Å². The van der Waals surface area contributed by atoms with Gasteiger partial charge in [0.1, 0.15) is 5.70 Å². The summed E-state index contributed by atoms with van der Waals surface area (Å²) < 4.78 is 0. The number of nitro benzene ring substituents is 1. The lowest BCUT2D eigenvalue weighted by Crippen LogP contribution is -2.32. The third-order valence-electron chi connectivity index (χ3n) is 4.33. The number of carbonyl (C=O) groups excluding carboxylic acids is 2. The van der Waals surface area contributed by atoms with Crippen LogP contribution in [0.5, 0.6) is 11.5 Å². The van der Waals surface area contributed by atoms with Crippen molar-refractivity contribution in [2.24, 2.45) is 5.10 Å². The molecule has 2 amide bonds. The fourth-order valence-electron chi connectivity index (χ4n) is 2.72. The zero-order valence-electron chi connectivity index (χ0n) is 17.0. The van der Waals surface area contributed by atoms with E-state index in [2.05, 4.69) is 15.8 Å². The van der Waals surface area contributed by atoms with Gasteiger partial charge in [-0.1, -0.05) is 48.5 Å². The highest BCUT2D eigenvalue weighted by molar-refractivity contribution is 6.05. The topological polar surface area (TPSA) is 154 Å². The van der Waals surface area contributed by atoms with Crippen LogP contribution in [0.1, 0.15) is 21.5 Å². The van der Waals surface area contributed by atoms with E-state index in [1.165, 1.54) is 6.08 Å². The van der Waals surface area contributed by atoms with E-state index >= 15 is 0 Å². The average molecular weight is 446 g/mol. The standard InChI is InChI=1S/C23H18N4O6/c28-20-12-17(19(27(32)33)13-21(20)29)14-24-26-23(31)18(11-15-7-3-1-4-8-15)25-22(30)16-9-5-2-6-10-16/h1-14,28-29H,(H,25,30)(H,26,31)/b18-11+,24-14?. The molecule has 0 saturated carbocycles. The molecule has 3 rings (SSSR count). The van der Waals surface area contributed by atoms with E-state index in [0.717, 1.165) is 18.3 Å². The van der Waals surface area contributed by atoms with Crippen LogP contribution in [0.4, 0.5) is 5.69 Å². The van der Waals surface area contributed by atoms with E-state index < -0.39 is 33.9 Å². The van der Waals surface area contributed by atoms with Crippen LogP contribution < -0.4 is 10.7 Å². The number of aromatic hydroxyl groups is 2. The fourth-order valence-corrected chi connectivity index (χ4v) is 2.72. The lowest BCUT2D eigenvalue weighted by atomic mass is 10.1. The van der Waals surface area contributed by atoms with E-state index in [9.17, 15) is 29.9 Å². The van der Waals surface area contributed by atoms with Gasteiger partial charge >= 0.3 is 0 Å². The summed E-state index contributed by atoms with van der Waals surface area (Å²) in [6.07, 6.45) is 2.38. The first-order valence-corrected chi connectivity index (χ1v) is 9.52. The van der Waals surface area contributed by atoms with Crippen molar-refractivity contribution in [3.63, 3.8) is 0 Å². The number of phenolic OH excluding ortho intramolecular Hbond substituents is 2. The Kier molecular flexibility index (Phi) is 7.12. The SMILES string of the molecule is O=C(NN=Cc1cc(O)c(O)cc1[N+](=O)[O-])/C(=C\c1ccccc1)NC(=O)c1ccccc1. The Morgan fingerprint density at radius 2 is 1.55 bits per heavy atom. The van der Waals surface area contributed by atoms with Gasteiger partial charge in [0.15, 0.2) is 11.5 Å². The van der Waals surface area contributed by atoms with Crippen LogP contribution in [0, 0.1) is 10.1 Å². The summed E-state index contributed by atoms with van der Waals surface area (Å²) in [6.45, 7) is 0. The monoisotopic (exact) mass is 446 g/mol. The summed E-state index contributed by atoms with van der Waals surface area (Å²) in [6, 6.07) is 18.7. The summed E-state index contributed by atoms with van der Waals surface area (Å²) in [5.41, 5.74) is 2.37. The Bertz CT molecular complexity index is 1240. The van der Waals surface area contributed by atoms with Gasteiger partial charge in [-0.2, -0.15) is 5.10 Å². The molecule has 0 radical (unpaired) electrons. The number of hydrogen-bond donors (Lipinski definition) is 4. The molecule has 0 spiro atoms. The minimum Gasteiger partial charge on any atom is -0.504 e. The van der Waals surface area contributed by atoms with Crippen molar-refractivity contribution in [1.82, 2.24) is 10.7 Å². The second kappa shape index (κ2) is 10.4. The molecule has 10 nitrogen and oxygen atoms in total. The molecule has 3 aromatic carbocycles. The molecule has 10 heteroatoms. The van der Waals surface area contributed by atoms with Crippen molar-refractivity contribution in [2.75, 3.05) is 0 Å². The molecular weight excluding hydrogens is 428 g/mol. The van der Waals surface area contributed by atoms with Gasteiger partial charge in [-0.3, -0.25) is 19.7 Å². The number of benzene rings is 3. The van der Waals surface area contributed by atoms with Gasteiger partial charge in [0.05, 0.1) is 22.8 Å². The Hall–Kier alpha value is -4.99. The lowest BCUT2D eigenvalue weighted by molar-refractivity contribution is -0.385. The molecule has 0 fully saturated rings. The Morgan fingerprint density at radius 1 is 0.939 bits per heavy atom. The predicted octanol–water partition coefficient (Wildman–Crippen LogP) is 2.93. The number of hydrogen-bond acceptors (Lipinski definition) is 7. The quantitative estimate of drug-likeness (QED) is 0.144. The summed E-state index contributed by atoms with van der Waals surface area (Å²) in [4.78, 5) is 35.6. The molecule has 0 atom stereocenters. The first kappa shape index (κ1) is 22.7. The molecule has 4 N–H and O–H groups in total. The van der Waals surface area contributed by atoms with Crippen molar-refractivity contribution >= 4 is 29.8 Å². The van der Waals surface area contributed by atoms with Crippen LogP contribution in [0.25, 0.3) is 6.08 Å². The molecule has 0 unspecified atom stereocenters. The highest BCUT2D eigenvalue weighted by Crippen LogP contribution is 2.31. The first-order chi connectivity index (χ1) is 15.8.